The van der Waals surface area contributed by atoms with Crippen LogP contribution in [0.3, 0.4) is 0 Å². The second-order valence-corrected chi connectivity index (χ2v) is 7.31. The van der Waals surface area contributed by atoms with Gasteiger partial charge in [-0.1, -0.05) is 18.2 Å². The minimum atomic E-state index is -3.39. The summed E-state index contributed by atoms with van der Waals surface area (Å²) in [7, 11) is -3.39. The van der Waals surface area contributed by atoms with Crippen molar-refractivity contribution in [2.45, 2.75) is 24.6 Å². The monoisotopic (exact) mass is 319 g/mol. The fourth-order valence-electron chi connectivity index (χ4n) is 2.66. The maximum atomic E-state index is 12.3. The molecular weight excluding hydrogens is 298 g/mol. The first-order chi connectivity index (χ1) is 10.5. The van der Waals surface area contributed by atoms with Crippen molar-refractivity contribution in [3.63, 3.8) is 0 Å². The van der Waals surface area contributed by atoms with E-state index < -0.39 is 10.0 Å². The Labute approximate surface area is 132 Å². The molecule has 1 aromatic rings. The van der Waals surface area contributed by atoms with Gasteiger partial charge in [0, 0.05) is 12.6 Å². The fraction of sp³-hybridized carbons (Fsp3) is 0.438. The van der Waals surface area contributed by atoms with Gasteiger partial charge in [0.05, 0.1) is 17.4 Å². The molecule has 1 aromatic carbocycles. The standard InChI is InChI=1S/C16H21N3O2S/c1-2-8-19-9-6-16(7-10-19)18-22(20,21)13-15-5-3-4-14(11-15)12-17/h2-5,11,16,18H,1,6-10,13H2. The third-order valence-electron chi connectivity index (χ3n) is 3.73. The van der Waals surface area contributed by atoms with Crippen LogP contribution in [0.5, 0.6) is 0 Å². The summed E-state index contributed by atoms with van der Waals surface area (Å²) >= 11 is 0. The van der Waals surface area contributed by atoms with E-state index in [9.17, 15) is 8.42 Å². The molecule has 1 fully saturated rings. The van der Waals surface area contributed by atoms with Crippen LogP contribution in [-0.2, 0) is 15.8 Å². The van der Waals surface area contributed by atoms with Gasteiger partial charge in [-0.15, -0.1) is 6.58 Å². The summed E-state index contributed by atoms with van der Waals surface area (Å²) in [6.45, 7) is 6.32. The van der Waals surface area contributed by atoms with Gasteiger partial charge in [-0.05, 0) is 43.6 Å². The average molecular weight is 319 g/mol. The van der Waals surface area contributed by atoms with Crippen LogP contribution in [0.4, 0.5) is 0 Å². The summed E-state index contributed by atoms with van der Waals surface area (Å²) in [5, 5.41) is 8.86. The molecule has 1 aliphatic rings. The number of benzene rings is 1. The maximum Gasteiger partial charge on any atom is 0.216 e. The van der Waals surface area contributed by atoms with E-state index in [1.54, 1.807) is 24.3 Å². The molecule has 6 heteroatoms. The molecule has 2 rings (SSSR count). The first-order valence-corrected chi connectivity index (χ1v) is 9.00. The summed E-state index contributed by atoms with van der Waals surface area (Å²) < 4.78 is 27.3. The number of piperidine rings is 1. The lowest BCUT2D eigenvalue weighted by atomic mass is 10.1. The number of nitrogens with one attached hydrogen (secondary N) is 1. The number of likely N-dealkylation sites (tertiary alicyclic amines) is 1. The number of rotatable bonds is 6. The Morgan fingerprint density at radius 1 is 1.41 bits per heavy atom. The van der Waals surface area contributed by atoms with Gasteiger partial charge < -0.3 is 0 Å². The van der Waals surface area contributed by atoms with Crippen LogP contribution < -0.4 is 4.72 Å². The number of nitriles is 1. The fourth-order valence-corrected chi connectivity index (χ4v) is 4.11. The molecule has 0 amide bonds. The lowest BCUT2D eigenvalue weighted by Gasteiger charge is -2.31. The van der Waals surface area contributed by atoms with E-state index in [1.165, 1.54) is 0 Å². The first kappa shape index (κ1) is 16.7. The number of hydrogen-bond acceptors (Lipinski definition) is 4. The van der Waals surface area contributed by atoms with E-state index in [4.69, 9.17) is 5.26 Å². The summed E-state index contributed by atoms with van der Waals surface area (Å²) in [6.07, 6.45) is 3.49. The van der Waals surface area contributed by atoms with Crippen LogP contribution in [0, 0.1) is 11.3 Å². The Balaban J connectivity index is 1.91. The molecule has 1 aliphatic heterocycles. The van der Waals surface area contributed by atoms with Crippen LogP contribution in [0.25, 0.3) is 0 Å². The van der Waals surface area contributed by atoms with Gasteiger partial charge in [0.1, 0.15) is 0 Å². The largest absolute Gasteiger partial charge is 0.300 e. The molecule has 0 aromatic heterocycles. The molecule has 0 bridgehead atoms. The zero-order valence-electron chi connectivity index (χ0n) is 12.5. The summed E-state index contributed by atoms with van der Waals surface area (Å²) in [5.41, 5.74) is 1.11. The van der Waals surface area contributed by atoms with E-state index in [-0.39, 0.29) is 11.8 Å². The molecule has 118 valence electrons. The van der Waals surface area contributed by atoms with Crippen molar-refractivity contribution in [2.24, 2.45) is 0 Å². The summed E-state index contributed by atoms with van der Waals surface area (Å²) in [5.74, 6) is -0.0879. The van der Waals surface area contributed by atoms with Gasteiger partial charge in [-0.2, -0.15) is 5.26 Å². The Morgan fingerprint density at radius 2 is 2.14 bits per heavy atom. The molecule has 1 saturated heterocycles. The van der Waals surface area contributed by atoms with Crippen molar-refractivity contribution in [3.05, 3.63) is 48.0 Å². The minimum Gasteiger partial charge on any atom is -0.300 e. The predicted molar refractivity (Wildman–Crippen MR) is 86.6 cm³/mol. The minimum absolute atomic E-state index is 0.00906. The molecule has 22 heavy (non-hydrogen) atoms. The van der Waals surface area contributed by atoms with Crippen molar-refractivity contribution in [3.8, 4) is 6.07 Å². The van der Waals surface area contributed by atoms with Crippen molar-refractivity contribution in [1.82, 2.24) is 9.62 Å². The van der Waals surface area contributed by atoms with E-state index in [1.807, 2.05) is 12.1 Å². The molecule has 1 N–H and O–H groups in total. The second kappa shape index (κ2) is 7.54. The molecule has 0 radical (unpaired) electrons. The van der Waals surface area contributed by atoms with Gasteiger partial charge in [-0.3, -0.25) is 4.90 Å². The zero-order chi connectivity index (χ0) is 16.0. The Morgan fingerprint density at radius 3 is 2.77 bits per heavy atom. The summed E-state index contributed by atoms with van der Waals surface area (Å²) in [6, 6.07) is 8.73. The topological polar surface area (TPSA) is 73.2 Å². The van der Waals surface area contributed by atoms with Gasteiger partial charge >= 0.3 is 0 Å². The van der Waals surface area contributed by atoms with Crippen molar-refractivity contribution >= 4 is 10.0 Å². The quantitative estimate of drug-likeness (QED) is 0.809. The highest BCUT2D eigenvalue weighted by Crippen LogP contribution is 2.13. The maximum absolute atomic E-state index is 12.3. The van der Waals surface area contributed by atoms with E-state index in [0.29, 0.717) is 11.1 Å². The van der Waals surface area contributed by atoms with Gasteiger partial charge in [-0.25, -0.2) is 13.1 Å². The SMILES string of the molecule is C=CCN1CCC(NS(=O)(=O)Cc2cccc(C#N)c2)CC1. The van der Waals surface area contributed by atoms with Gasteiger partial charge in [0.25, 0.3) is 0 Å². The highest BCUT2D eigenvalue weighted by atomic mass is 32.2. The van der Waals surface area contributed by atoms with Crippen LogP contribution in [0.15, 0.2) is 36.9 Å². The predicted octanol–water partition coefficient (Wildman–Crippen LogP) is 1.63. The van der Waals surface area contributed by atoms with Crippen LogP contribution in [0.2, 0.25) is 0 Å². The number of sulfonamides is 1. The highest BCUT2D eigenvalue weighted by molar-refractivity contribution is 7.88. The molecular formula is C16H21N3O2S. The van der Waals surface area contributed by atoms with Crippen molar-refractivity contribution in [2.75, 3.05) is 19.6 Å². The molecule has 5 nitrogen and oxygen atoms in total. The smallest absolute Gasteiger partial charge is 0.216 e. The van der Waals surface area contributed by atoms with Crippen molar-refractivity contribution < 1.29 is 8.42 Å². The van der Waals surface area contributed by atoms with E-state index >= 15 is 0 Å². The third-order valence-corrected chi connectivity index (χ3v) is 5.14. The molecule has 0 spiro atoms. The second-order valence-electron chi connectivity index (χ2n) is 5.55. The Hall–Kier alpha value is -1.68. The third kappa shape index (κ3) is 4.95. The van der Waals surface area contributed by atoms with Crippen molar-refractivity contribution in [1.29, 1.82) is 5.26 Å². The molecule has 0 aliphatic carbocycles. The molecule has 0 unspecified atom stereocenters. The molecule has 0 atom stereocenters. The Bertz CT molecular complexity index is 656. The van der Waals surface area contributed by atoms with Gasteiger partial charge in [0.15, 0.2) is 0 Å². The van der Waals surface area contributed by atoms with Crippen LogP contribution in [0.1, 0.15) is 24.0 Å². The zero-order valence-corrected chi connectivity index (χ0v) is 13.3. The normalized spacial score (nSPS) is 17.0. The molecule has 0 saturated carbocycles. The van der Waals surface area contributed by atoms with E-state index in [2.05, 4.69) is 16.2 Å². The molecule has 1 heterocycles. The van der Waals surface area contributed by atoms with Crippen LogP contribution >= 0.6 is 0 Å². The summed E-state index contributed by atoms with van der Waals surface area (Å²) in [4.78, 5) is 2.26. The Kier molecular flexibility index (Phi) is 5.72. The van der Waals surface area contributed by atoms with Crippen LogP contribution in [-0.4, -0.2) is 39.0 Å². The number of hydrogen-bond donors (Lipinski definition) is 1. The average Bonchev–Trinajstić information content (AvgIpc) is 2.49. The first-order valence-electron chi connectivity index (χ1n) is 7.35. The number of nitrogens with zero attached hydrogens (tertiary/aromatic N) is 2. The highest BCUT2D eigenvalue weighted by Gasteiger charge is 2.23. The van der Waals surface area contributed by atoms with E-state index in [0.717, 1.165) is 32.5 Å². The lowest BCUT2D eigenvalue weighted by Crippen LogP contribution is -2.44. The lowest BCUT2D eigenvalue weighted by molar-refractivity contribution is 0.226. The van der Waals surface area contributed by atoms with Gasteiger partial charge in [0.2, 0.25) is 10.0 Å².